The number of nitro groups is 1. The lowest BCUT2D eigenvalue weighted by Gasteiger charge is -2.22. The minimum Gasteiger partial charge on any atom is -0.490 e. The summed E-state index contributed by atoms with van der Waals surface area (Å²) in [6.07, 6.45) is 0.687. The van der Waals surface area contributed by atoms with E-state index in [1.165, 1.54) is 23.5 Å². The van der Waals surface area contributed by atoms with Crippen LogP contribution in [0.2, 0.25) is 0 Å². The molecule has 1 unspecified atom stereocenters. The van der Waals surface area contributed by atoms with E-state index in [2.05, 4.69) is 0 Å². The number of rotatable bonds is 5. The summed E-state index contributed by atoms with van der Waals surface area (Å²) in [5.41, 5.74) is 5.19. The van der Waals surface area contributed by atoms with Gasteiger partial charge in [0.1, 0.15) is 0 Å². The highest BCUT2D eigenvalue weighted by atomic mass is 35.5. The predicted molar refractivity (Wildman–Crippen MR) is 87.4 cm³/mol. The Labute approximate surface area is 141 Å². The lowest BCUT2D eigenvalue weighted by Crippen LogP contribution is -2.34. The van der Waals surface area contributed by atoms with Crippen LogP contribution in [0.3, 0.4) is 0 Å². The molecule has 0 saturated carbocycles. The standard InChI is InChI=1S/C13H19N3O5S.ClH/c1-13(8-14)5-6-15(9-13)22(19,20)10-3-4-11(16(17)18)12(7-10)21-2;/h3-4,7H,5-6,8-9,14H2,1-2H3;1H. The van der Waals surface area contributed by atoms with Crippen molar-refractivity contribution in [1.82, 2.24) is 4.31 Å². The van der Waals surface area contributed by atoms with E-state index in [0.717, 1.165) is 6.07 Å². The van der Waals surface area contributed by atoms with E-state index in [9.17, 15) is 18.5 Å². The number of nitro benzene ring substituents is 1. The van der Waals surface area contributed by atoms with Crippen molar-refractivity contribution in [2.45, 2.75) is 18.2 Å². The first-order chi connectivity index (χ1) is 10.2. The fourth-order valence-electron chi connectivity index (χ4n) is 2.47. The molecule has 0 spiro atoms. The molecule has 1 aliphatic heterocycles. The maximum atomic E-state index is 12.6. The molecular formula is C13H20ClN3O5S. The van der Waals surface area contributed by atoms with Gasteiger partial charge in [-0.2, -0.15) is 4.31 Å². The third kappa shape index (κ3) is 3.74. The van der Waals surface area contributed by atoms with E-state index in [0.29, 0.717) is 26.1 Å². The van der Waals surface area contributed by atoms with Crippen molar-refractivity contribution in [3.8, 4) is 5.75 Å². The van der Waals surface area contributed by atoms with Gasteiger partial charge in [0.15, 0.2) is 5.75 Å². The first kappa shape index (κ1) is 19.6. The van der Waals surface area contributed by atoms with Gasteiger partial charge in [-0.25, -0.2) is 8.42 Å². The predicted octanol–water partition coefficient (Wildman–Crippen LogP) is 1.38. The van der Waals surface area contributed by atoms with Crippen molar-refractivity contribution in [3.05, 3.63) is 28.3 Å². The van der Waals surface area contributed by atoms with Crippen LogP contribution in [0.1, 0.15) is 13.3 Å². The second kappa shape index (κ2) is 7.00. The smallest absolute Gasteiger partial charge is 0.310 e. The van der Waals surface area contributed by atoms with Gasteiger partial charge in [0.05, 0.1) is 16.9 Å². The van der Waals surface area contributed by atoms with Crippen molar-refractivity contribution in [3.63, 3.8) is 0 Å². The minimum absolute atomic E-state index is 0. The maximum Gasteiger partial charge on any atom is 0.310 e. The summed E-state index contributed by atoms with van der Waals surface area (Å²) in [5, 5.41) is 10.9. The normalized spacial score (nSPS) is 21.7. The molecule has 23 heavy (non-hydrogen) atoms. The number of hydrogen-bond acceptors (Lipinski definition) is 6. The third-order valence-electron chi connectivity index (χ3n) is 4.00. The summed E-state index contributed by atoms with van der Waals surface area (Å²) < 4.78 is 31.6. The number of nitrogens with two attached hydrogens (primary N) is 1. The van der Waals surface area contributed by atoms with Crippen LogP contribution in [-0.4, -0.2) is 44.4 Å². The summed E-state index contributed by atoms with van der Waals surface area (Å²) >= 11 is 0. The number of benzene rings is 1. The highest BCUT2D eigenvalue weighted by molar-refractivity contribution is 7.89. The van der Waals surface area contributed by atoms with Crippen LogP contribution in [0.5, 0.6) is 5.75 Å². The Kier molecular flexibility index (Phi) is 5.97. The number of ether oxygens (including phenoxy) is 1. The zero-order valence-electron chi connectivity index (χ0n) is 12.9. The van der Waals surface area contributed by atoms with Gasteiger partial charge in [-0.15, -0.1) is 12.4 Å². The molecule has 1 aromatic rings. The maximum absolute atomic E-state index is 12.6. The molecule has 1 aromatic carbocycles. The fourth-order valence-corrected chi connectivity index (χ4v) is 4.08. The Hall–Kier alpha value is -1.42. The molecule has 2 rings (SSSR count). The van der Waals surface area contributed by atoms with Gasteiger partial charge in [-0.05, 0) is 24.4 Å². The molecule has 0 amide bonds. The zero-order valence-corrected chi connectivity index (χ0v) is 14.5. The highest BCUT2D eigenvalue weighted by Gasteiger charge is 2.39. The van der Waals surface area contributed by atoms with Gasteiger partial charge in [-0.1, -0.05) is 6.92 Å². The molecule has 10 heteroatoms. The lowest BCUT2D eigenvalue weighted by atomic mass is 9.90. The van der Waals surface area contributed by atoms with Crippen molar-refractivity contribution in [2.24, 2.45) is 11.1 Å². The van der Waals surface area contributed by atoms with Gasteiger partial charge in [0, 0.05) is 25.2 Å². The Morgan fingerprint density at radius 1 is 1.48 bits per heavy atom. The van der Waals surface area contributed by atoms with Crippen molar-refractivity contribution < 1.29 is 18.1 Å². The van der Waals surface area contributed by atoms with E-state index in [1.807, 2.05) is 6.92 Å². The molecule has 1 heterocycles. The topological polar surface area (TPSA) is 116 Å². The Bertz CT molecular complexity index is 697. The summed E-state index contributed by atoms with van der Waals surface area (Å²) in [4.78, 5) is 10.2. The fraction of sp³-hybridized carbons (Fsp3) is 0.538. The van der Waals surface area contributed by atoms with Gasteiger partial charge >= 0.3 is 5.69 Å². The Morgan fingerprint density at radius 3 is 2.61 bits per heavy atom. The second-order valence-electron chi connectivity index (χ2n) is 5.69. The first-order valence-corrected chi connectivity index (χ1v) is 8.20. The second-order valence-corrected chi connectivity index (χ2v) is 7.63. The molecule has 1 aliphatic rings. The van der Waals surface area contributed by atoms with Crippen LogP contribution in [-0.2, 0) is 10.0 Å². The molecule has 0 aliphatic carbocycles. The average Bonchev–Trinajstić information content (AvgIpc) is 2.90. The van der Waals surface area contributed by atoms with Crippen LogP contribution in [0.15, 0.2) is 23.1 Å². The molecule has 1 fully saturated rings. The SMILES string of the molecule is COc1cc(S(=O)(=O)N2CCC(C)(CN)C2)ccc1[N+](=O)[O-].Cl. The van der Waals surface area contributed by atoms with E-state index >= 15 is 0 Å². The quantitative estimate of drug-likeness (QED) is 0.622. The summed E-state index contributed by atoms with van der Waals surface area (Å²) in [7, 11) is -2.46. The van der Waals surface area contributed by atoms with Gasteiger partial charge in [0.2, 0.25) is 10.0 Å². The zero-order chi connectivity index (χ0) is 16.5. The number of methoxy groups -OCH3 is 1. The third-order valence-corrected chi connectivity index (χ3v) is 5.84. The Morgan fingerprint density at radius 2 is 2.13 bits per heavy atom. The molecular weight excluding hydrogens is 346 g/mol. The highest BCUT2D eigenvalue weighted by Crippen LogP contribution is 2.35. The molecule has 130 valence electrons. The number of nitrogens with zero attached hydrogens (tertiary/aromatic N) is 2. The first-order valence-electron chi connectivity index (χ1n) is 6.76. The summed E-state index contributed by atoms with van der Waals surface area (Å²) in [6, 6.07) is 3.56. The molecule has 1 saturated heterocycles. The van der Waals surface area contributed by atoms with Crippen LogP contribution in [0.4, 0.5) is 5.69 Å². The molecule has 0 bridgehead atoms. The van der Waals surface area contributed by atoms with Crippen molar-refractivity contribution in [1.29, 1.82) is 0 Å². The molecule has 0 aromatic heterocycles. The minimum atomic E-state index is -3.72. The molecule has 2 N–H and O–H groups in total. The monoisotopic (exact) mass is 365 g/mol. The number of hydrogen-bond donors (Lipinski definition) is 1. The Balaban J connectivity index is 0.00000264. The van der Waals surface area contributed by atoms with Crippen molar-refractivity contribution >= 4 is 28.1 Å². The lowest BCUT2D eigenvalue weighted by molar-refractivity contribution is -0.385. The largest absolute Gasteiger partial charge is 0.490 e. The van der Waals surface area contributed by atoms with Gasteiger partial charge in [-0.3, -0.25) is 10.1 Å². The van der Waals surface area contributed by atoms with E-state index in [1.54, 1.807) is 0 Å². The summed E-state index contributed by atoms with van der Waals surface area (Å²) in [6.45, 7) is 3.07. The molecule has 8 nitrogen and oxygen atoms in total. The average molecular weight is 366 g/mol. The van der Waals surface area contributed by atoms with Crippen LogP contribution < -0.4 is 10.5 Å². The van der Waals surface area contributed by atoms with Gasteiger partial charge in [0.25, 0.3) is 0 Å². The van der Waals surface area contributed by atoms with Crippen molar-refractivity contribution in [2.75, 3.05) is 26.7 Å². The van der Waals surface area contributed by atoms with Gasteiger partial charge < -0.3 is 10.5 Å². The molecule has 0 radical (unpaired) electrons. The van der Waals surface area contributed by atoms with Crippen LogP contribution in [0.25, 0.3) is 0 Å². The molecule has 1 atom stereocenters. The van der Waals surface area contributed by atoms with E-state index < -0.39 is 14.9 Å². The van der Waals surface area contributed by atoms with Crippen LogP contribution >= 0.6 is 12.4 Å². The van der Waals surface area contributed by atoms with E-state index in [4.69, 9.17) is 10.5 Å². The summed E-state index contributed by atoms with van der Waals surface area (Å²) in [5.74, 6) is -0.0770. The number of halogens is 1. The van der Waals surface area contributed by atoms with Crippen LogP contribution in [0, 0.1) is 15.5 Å². The van der Waals surface area contributed by atoms with E-state index in [-0.39, 0.29) is 34.2 Å². The number of sulfonamides is 1.